The van der Waals surface area contributed by atoms with Gasteiger partial charge in [-0.15, -0.1) is 0 Å². The molecule has 2 heteroatoms. The summed E-state index contributed by atoms with van der Waals surface area (Å²) in [5.74, 6) is 0.759. The first-order valence-electron chi connectivity index (χ1n) is 7.87. The molecule has 0 bridgehead atoms. The van der Waals surface area contributed by atoms with Gasteiger partial charge >= 0.3 is 0 Å². The van der Waals surface area contributed by atoms with Crippen LogP contribution in [0.3, 0.4) is 0 Å². The van der Waals surface area contributed by atoms with Crippen molar-refractivity contribution in [1.82, 2.24) is 4.90 Å². The predicted octanol–water partition coefficient (Wildman–Crippen LogP) is 3.65. The highest BCUT2D eigenvalue weighted by molar-refractivity contribution is 4.87. The Morgan fingerprint density at radius 1 is 1.17 bits per heavy atom. The van der Waals surface area contributed by atoms with Gasteiger partial charge in [-0.2, -0.15) is 0 Å². The van der Waals surface area contributed by atoms with Gasteiger partial charge in [-0.3, -0.25) is 4.90 Å². The zero-order valence-corrected chi connectivity index (χ0v) is 13.2. The molecule has 18 heavy (non-hydrogen) atoms. The van der Waals surface area contributed by atoms with E-state index in [1.165, 1.54) is 38.5 Å². The lowest BCUT2D eigenvalue weighted by molar-refractivity contribution is 0.0697. The molecule has 0 aromatic rings. The molecule has 2 nitrogen and oxygen atoms in total. The largest absolute Gasteiger partial charge is 0.329 e. The summed E-state index contributed by atoms with van der Waals surface area (Å²) in [5.41, 5.74) is 6.60. The summed E-state index contributed by atoms with van der Waals surface area (Å²) in [7, 11) is 2.30. The van der Waals surface area contributed by atoms with Crippen molar-refractivity contribution in [2.45, 2.75) is 78.3 Å². The van der Waals surface area contributed by atoms with Crippen LogP contribution in [0.2, 0.25) is 0 Å². The van der Waals surface area contributed by atoms with Crippen LogP contribution in [0.1, 0.15) is 66.2 Å². The van der Waals surface area contributed by atoms with E-state index in [0.29, 0.717) is 11.5 Å². The summed E-state index contributed by atoms with van der Waals surface area (Å²) in [6.07, 6.45) is 7.92. The van der Waals surface area contributed by atoms with Crippen LogP contribution in [-0.2, 0) is 0 Å². The summed E-state index contributed by atoms with van der Waals surface area (Å²) in [4.78, 5) is 2.60. The molecule has 1 aliphatic rings. The zero-order chi connectivity index (χ0) is 13.8. The van der Waals surface area contributed by atoms with E-state index in [1.807, 2.05) is 0 Å². The lowest BCUT2D eigenvalue weighted by atomic mass is 9.75. The van der Waals surface area contributed by atoms with Gasteiger partial charge in [-0.25, -0.2) is 0 Å². The van der Waals surface area contributed by atoms with E-state index in [-0.39, 0.29) is 0 Å². The standard InChI is InChI=1S/C16H34N2/c1-6-13(7-2)15(12-17)18(5)14-8-10-16(3,4)11-9-14/h13-15H,6-12,17H2,1-5H3. The number of likely N-dealkylation sites (N-methyl/N-ethyl adjacent to an activating group) is 1. The Balaban J connectivity index is 2.59. The van der Waals surface area contributed by atoms with E-state index < -0.39 is 0 Å². The fourth-order valence-electron chi connectivity index (χ4n) is 3.59. The molecule has 0 heterocycles. The predicted molar refractivity (Wildman–Crippen MR) is 80.7 cm³/mol. The molecule has 1 fully saturated rings. The van der Waals surface area contributed by atoms with Crippen molar-refractivity contribution < 1.29 is 0 Å². The Bertz CT molecular complexity index is 223. The molecule has 0 aromatic carbocycles. The number of hydrogen-bond donors (Lipinski definition) is 1. The van der Waals surface area contributed by atoms with Crippen molar-refractivity contribution in [1.29, 1.82) is 0 Å². The molecule has 1 saturated carbocycles. The molecular formula is C16H34N2. The third kappa shape index (κ3) is 3.96. The fraction of sp³-hybridized carbons (Fsp3) is 1.00. The highest BCUT2D eigenvalue weighted by atomic mass is 15.2. The topological polar surface area (TPSA) is 29.3 Å². The van der Waals surface area contributed by atoms with Gasteiger partial charge in [0.1, 0.15) is 0 Å². The van der Waals surface area contributed by atoms with Crippen molar-refractivity contribution in [3.05, 3.63) is 0 Å². The zero-order valence-electron chi connectivity index (χ0n) is 13.2. The third-order valence-corrected chi connectivity index (χ3v) is 5.24. The van der Waals surface area contributed by atoms with E-state index in [1.54, 1.807) is 0 Å². The van der Waals surface area contributed by atoms with Gasteiger partial charge in [0, 0.05) is 18.6 Å². The molecule has 0 saturated heterocycles. The smallest absolute Gasteiger partial charge is 0.0246 e. The van der Waals surface area contributed by atoms with Gasteiger partial charge in [-0.1, -0.05) is 40.5 Å². The average Bonchev–Trinajstić information content (AvgIpc) is 2.35. The molecule has 1 atom stereocenters. The molecule has 2 N–H and O–H groups in total. The maximum Gasteiger partial charge on any atom is 0.0246 e. The molecule has 0 spiro atoms. The second kappa shape index (κ2) is 6.91. The summed E-state index contributed by atoms with van der Waals surface area (Å²) < 4.78 is 0. The number of rotatable bonds is 6. The Hall–Kier alpha value is -0.0800. The van der Waals surface area contributed by atoms with Crippen LogP contribution in [0.5, 0.6) is 0 Å². The highest BCUT2D eigenvalue weighted by Crippen LogP contribution is 2.37. The van der Waals surface area contributed by atoms with Crippen molar-refractivity contribution in [3.63, 3.8) is 0 Å². The fourth-order valence-corrected chi connectivity index (χ4v) is 3.59. The van der Waals surface area contributed by atoms with Gasteiger partial charge < -0.3 is 5.73 Å². The van der Waals surface area contributed by atoms with Gasteiger partial charge in [0.05, 0.1) is 0 Å². The minimum absolute atomic E-state index is 0.560. The summed E-state index contributed by atoms with van der Waals surface area (Å²) in [6.45, 7) is 10.2. The van der Waals surface area contributed by atoms with E-state index in [2.05, 4.69) is 39.6 Å². The molecule has 0 aliphatic heterocycles. The van der Waals surface area contributed by atoms with E-state index in [9.17, 15) is 0 Å². The number of nitrogens with two attached hydrogens (primary N) is 1. The van der Waals surface area contributed by atoms with Crippen LogP contribution in [0, 0.1) is 11.3 Å². The Morgan fingerprint density at radius 3 is 2.06 bits per heavy atom. The SMILES string of the molecule is CCC(CC)C(CN)N(C)C1CCC(C)(C)CC1. The first kappa shape index (κ1) is 16.0. The summed E-state index contributed by atoms with van der Waals surface area (Å²) >= 11 is 0. The van der Waals surface area contributed by atoms with Crippen LogP contribution in [0.4, 0.5) is 0 Å². The number of nitrogens with zero attached hydrogens (tertiary/aromatic N) is 1. The second-order valence-corrected chi connectivity index (χ2v) is 6.94. The van der Waals surface area contributed by atoms with Crippen molar-refractivity contribution in [2.75, 3.05) is 13.6 Å². The average molecular weight is 254 g/mol. The minimum Gasteiger partial charge on any atom is -0.329 e. The van der Waals surface area contributed by atoms with E-state index in [4.69, 9.17) is 5.73 Å². The first-order valence-corrected chi connectivity index (χ1v) is 7.87. The maximum atomic E-state index is 6.04. The van der Waals surface area contributed by atoms with Crippen molar-refractivity contribution in [3.8, 4) is 0 Å². The van der Waals surface area contributed by atoms with Crippen LogP contribution < -0.4 is 5.73 Å². The molecule has 108 valence electrons. The molecule has 0 amide bonds. The summed E-state index contributed by atoms with van der Waals surface area (Å²) in [5, 5.41) is 0. The quantitative estimate of drug-likeness (QED) is 0.784. The lowest BCUT2D eigenvalue weighted by Crippen LogP contribution is -2.49. The summed E-state index contributed by atoms with van der Waals surface area (Å²) in [6, 6.07) is 1.33. The lowest BCUT2D eigenvalue weighted by Gasteiger charge is -2.43. The molecule has 0 aromatic heterocycles. The maximum absolute atomic E-state index is 6.04. The highest BCUT2D eigenvalue weighted by Gasteiger charge is 2.32. The first-order chi connectivity index (χ1) is 8.45. The van der Waals surface area contributed by atoms with Crippen LogP contribution in [-0.4, -0.2) is 30.6 Å². The molecular weight excluding hydrogens is 220 g/mol. The molecule has 0 radical (unpaired) electrons. The number of hydrogen-bond acceptors (Lipinski definition) is 2. The molecule has 1 unspecified atom stereocenters. The van der Waals surface area contributed by atoms with Gasteiger partial charge in [0.25, 0.3) is 0 Å². The van der Waals surface area contributed by atoms with Crippen LogP contribution in [0.25, 0.3) is 0 Å². The Morgan fingerprint density at radius 2 is 1.67 bits per heavy atom. The van der Waals surface area contributed by atoms with Gasteiger partial charge in [-0.05, 0) is 44.1 Å². The van der Waals surface area contributed by atoms with Crippen molar-refractivity contribution >= 4 is 0 Å². The monoisotopic (exact) mass is 254 g/mol. The van der Waals surface area contributed by atoms with Crippen LogP contribution in [0.15, 0.2) is 0 Å². The Labute approximate surface area is 114 Å². The van der Waals surface area contributed by atoms with Gasteiger partial charge in [0.15, 0.2) is 0 Å². The minimum atomic E-state index is 0.560. The van der Waals surface area contributed by atoms with E-state index >= 15 is 0 Å². The van der Waals surface area contributed by atoms with E-state index in [0.717, 1.165) is 18.5 Å². The van der Waals surface area contributed by atoms with Gasteiger partial charge in [0.2, 0.25) is 0 Å². The third-order valence-electron chi connectivity index (χ3n) is 5.24. The Kier molecular flexibility index (Phi) is 6.13. The van der Waals surface area contributed by atoms with Crippen LogP contribution >= 0.6 is 0 Å². The normalized spacial score (nSPS) is 22.7. The van der Waals surface area contributed by atoms with Crippen molar-refractivity contribution in [2.24, 2.45) is 17.1 Å². The molecule has 1 rings (SSSR count). The second-order valence-electron chi connectivity index (χ2n) is 6.94. The molecule has 1 aliphatic carbocycles.